The minimum atomic E-state index is -1.24. The molecule has 5 aliphatic rings. The Hall–Kier alpha value is -2.96. The molecule has 0 saturated carbocycles. The van der Waals surface area contributed by atoms with Crippen LogP contribution in [0.2, 0.25) is 0 Å². The van der Waals surface area contributed by atoms with Gasteiger partial charge in [-0.2, -0.15) is 0 Å². The van der Waals surface area contributed by atoms with E-state index in [2.05, 4.69) is 0 Å². The van der Waals surface area contributed by atoms with Crippen molar-refractivity contribution in [3.63, 3.8) is 0 Å². The monoisotopic (exact) mass is 402 g/mol. The van der Waals surface area contributed by atoms with Crippen LogP contribution in [0.15, 0.2) is 66.7 Å². The van der Waals surface area contributed by atoms with Crippen molar-refractivity contribution in [1.29, 1.82) is 0 Å². The third kappa shape index (κ3) is 1.75. The van der Waals surface area contributed by atoms with E-state index in [1.54, 1.807) is 23.8 Å². The van der Waals surface area contributed by atoms with Gasteiger partial charge in [0, 0.05) is 18.6 Å². The predicted molar refractivity (Wildman–Crippen MR) is 109 cm³/mol. The Bertz CT molecular complexity index is 1130. The fourth-order valence-corrected chi connectivity index (χ4v) is 6.30. The Balaban J connectivity index is 1.69. The number of hydrogen-bond donors (Lipinski definition) is 1. The zero-order valence-electron chi connectivity index (χ0n) is 16.8. The van der Waals surface area contributed by atoms with Gasteiger partial charge in [0.15, 0.2) is 0 Å². The van der Waals surface area contributed by atoms with E-state index in [0.29, 0.717) is 17.7 Å². The first kappa shape index (κ1) is 17.9. The van der Waals surface area contributed by atoms with Gasteiger partial charge >= 0.3 is 11.8 Å². The number of anilines is 1. The Morgan fingerprint density at radius 1 is 1.00 bits per heavy atom. The van der Waals surface area contributed by atoms with Gasteiger partial charge in [-0.05, 0) is 31.1 Å². The van der Waals surface area contributed by atoms with Gasteiger partial charge in [0.2, 0.25) is 0 Å². The molecule has 5 atom stereocenters. The summed E-state index contributed by atoms with van der Waals surface area (Å²) in [6, 6.07) is 16.5. The number of ether oxygens (including phenoxy) is 1. The predicted octanol–water partition coefficient (Wildman–Crippen LogP) is 2.50. The van der Waals surface area contributed by atoms with E-state index < -0.39 is 40.6 Å². The van der Waals surface area contributed by atoms with Crippen molar-refractivity contribution in [2.24, 2.45) is 5.92 Å². The summed E-state index contributed by atoms with van der Waals surface area (Å²) in [5.74, 6) is -1.56. The van der Waals surface area contributed by atoms with Crippen LogP contribution in [0.1, 0.15) is 30.5 Å². The highest BCUT2D eigenvalue weighted by Crippen LogP contribution is 2.66. The van der Waals surface area contributed by atoms with E-state index in [-0.39, 0.29) is 0 Å². The van der Waals surface area contributed by atoms with Crippen LogP contribution < -0.4 is 4.90 Å². The number of fused-ring (bicyclic) bond motifs is 2. The summed E-state index contributed by atoms with van der Waals surface area (Å²) in [5, 5.41) is 11.8. The lowest BCUT2D eigenvalue weighted by atomic mass is 9.57. The second kappa shape index (κ2) is 5.39. The van der Waals surface area contributed by atoms with E-state index in [9.17, 15) is 14.7 Å². The lowest BCUT2D eigenvalue weighted by Crippen LogP contribution is -2.75. The molecule has 152 valence electrons. The molecule has 0 radical (unpaired) electrons. The highest BCUT2D eigenvalue weighted by Gasteiger charge is 2.75. The molecule has 2 amide bonds. The van der Waals surface area contributed by atoms with Gasteiger partial charge in [0.05, 0.1) is 17.3 Å². The van der Waals surface area contributed by atoms with Gasteiger partial charge in [-0.15, -0.1) is 0 Å². The van der Waals surface area contributed by atoms with E-state index in [4.69, 9.17) is 4.74 Å². The third-order valence-electron chi connectivity index (χ3n) is 7.58. The lowest BCUT2D eigenvalue weighted by Gasteiger charge is -2.66. The maximum Gasteiger partial charge on any atom is 0.318 e. The van der Waals surface area contributed by atoms with Gasteiger partial charge in [-0.3, -0.25) is 19.4 Å². The molecule has 7 rings (SSSR count). The van der Waals surface area contributed by atoms with Crippen molar-refractivity contribution in [2.45, 2.75) is 36.3 Å². The molecule has 6 nitrogen and oxygen atoms in total. The molecule has 1 N–H and O–H groups in total. The molecule has 2 aromatic rings. The molecular formula is C24H22N2O4. The molecule has 1 spiro atoms. The van der Waals surface area contributed by atoms with Crippen LogP contribution in [-0.4, -0.2) is 40.2 Å². The number of nitrogens with zero attached hydrogens (tertiary/aromatic N) is 2. The topological polar surface area (TPSA) is 70.1 Å². The number of carbonyl (C=O) groups excluding carboxylic acids is 2. The molecule has 0 unspecified atom stereocenters. The minimum Gasteiger partial charge on any atom is -0.385 e. The lowest BCUT2D eigenvalue weighted by molar-refractivity contribution is -0.195. The normalized spacial score (nSPS) is 38.1. The SMILES string of the molecule is CO[C@]12C=C[C@@]34[C@@H](C1)[C@](C)(O)c1ccccc1N3C(=O)C(=O)N4[C@@H]2c1ccccc1. The standard InChI is InChI=1S/C24H22N2O4/c1-22(29)16-10-6-7-11-17(16)25-20(27)21(28)26-19(15-8-4-3-5-9-15)23(30-2)12-13-24(25,26)18(22)14-23/h3-13,18-19,29H,14H2,1-2H3/t18-,19+,22+,23+,24+/m0/s1. The Kier molecular flexibility index (Phi) is 3.21. The molecule has 4 aliphatic heterocycles. The Morgan fingerprint density at radius 2 is 1.70 bits per heavy atom. The van der Waals surface area contributed by atoms with Crippen molar-refractivity contribution in [3.8, 4) is 0 Å². The summed E-state index contributed by atoms with van der Waals surface area (Å²) in [5.41, 5.74) is -0.993. The fourth-order valence-electron chi connectivity index (χ4n) is 6.30. The highest BCUT2D eigenvalue weighted by molar-refractivity contribution is 6.44. The van der Waals surface area contributed by atoms with Crippen molar-refractivity contribution in [1.82, 2.24) is 4.90 Å². The van der Waals surface area contributed by atoms with Crippen LogP contribution in [0.25, 0.3) is 0 Å². The molecule has 30 heavy (non-hydrogen) atoms. The minimum absolute atomic E-state index is 0.430. The molecular weight excluding hydrogens is 380 g/mol. The number of hydrogen-bond acceptors (Lipinski definition) is 4. The second-order valence-electron chi connectivity index (χ2n) is 8.83. The molecule has 2 aromatic carbocycles. The van der Waals surface area contributed by atoms with E-state index in [1.807, 2.05) is 66.7 Å². The molecule has 2 fully saturated rings. The van der Waals surface area contributed by atoms with E-state index in [0.717, 1.165) is 5.56 Å². The average molecular weight is 402 g/mol. The summed E-state index contributed by atoms with van der Waals surface area (Å²) in [4.78, 5) is 30.1. The first-order valence-electron chi connectivity index (χ1n) is 10.2. The van der Waals surface area contributed by atoms with Gasteiger partial charge < -0.3 is 9.84 Å². The first-order chi connectivity index (χ1) is 14.4. The van der Waals surface area contributed by atoms with Gasteiger partial charge in [-0.25, -0.2) is 0 Å². The van der Waals surface area contributed by atoms with Crippen LogP contribution in [0.4, 0.5) is 5.69 Å². The van der Waals surface area contributed by atoms with E-state index in [1.165, 1.54) is 0 Å². The van der Waals surface area contributed by atoms with Gasteiger partial charge in [0.25, 0.3) is 0 Å². The average Bonchev–Trinajstić information content (AvgIpc) is 3.00. The largest absolute Gasteiger partial charge is 0.385 e. The summed E-state index contributed by atoms with van der Waals surface area (Å²) in [7, 11) is 1.63. The van der Waals surface area contributed by atoms with Crippen molar-refractivity contribution in [3.05, 3.63) is 77.9 Å². The summed E-state index contributed by atoms with van der Waals surface area (Å²) in [6.45, 7) is 1.78. The summed E-state index contributed by atoms with van der Waals surface area (Å²) < 4.78 is 6.07. The number of benzene rings is 2. The molecule has 2 bridgehead atoms. The number of aliphatic hydroxyl groups is 1. The summed E-state index contributed by atoms with van der Waals surface area (Å²) in [6.07, 6.45) is 4.37. The van der Waals surface area contributed by atoms with Gasteiger partial charge in [-0.1, -0.05) is 54.6 Å². The smallest absolute Gasteiger partial charge is 0.318 e. The number of carbonyl (C=O) groups is 2. The highest BCUT2D eigenvalue weighted by atomic mass is 16.5. The summed E-state index contributed by atoms with van der Waals surface area (Å²) >= 11 is 0. The number of para-hydroxylation sites is 1. The molecule has 1 aliphatic carbocycles. The van der Waals surface area contributed by atoms with Crippen molar-refractivity contribution in [2.75, 3.05) is 12.0 Å². The maximum atomic E-state index is 13.5. The van der Waals surface area contributed by atoms with Crippen LogP contribution in [-0.2, 0) is 19.9 Å². The molecule has 0 aromatic heterocycles. The number of piperidine rings is 1. The molecule has 4 heterocycles. The molecule has 6 heteroatoms. The maximum absolute atomic E-state index is 13.5. The van der Waals surface area contributed by atoms with Gasteiger partial charge in [0.1, 0.15) is 11.3 Å². The number of methoxy groups -OCH3 is 1. The molecule has 2 saturated heterocycles. The fraction of sp³-hybridized carbons (Fsp3) is 0.333. The number of rotatable bonds is 2. The first-order valence-corrected chi connectivity index (χ1v) is 10.2. The quantitative estimate of drug-likeness (QED) is 0.619. The van der Waals surface area contributed by atoms with Crippen LogP contribution in [0, 0.1) is 5.92 Å². The zero-order chi connectivity index (χ0) is 20.9. The Morgan fingerprint density at radius 3 is 2.43 bits per heavy atom. The van der Waals surface area contributed by atoms with Crippen molar-refractivity contribution < 1.29 is 19.4 Å². The van der Waals surface area contributed by atoms with Crippen molar-refractivity contribution >= 4 is 17.5 Å². The zero-order valence-corrected chi connectivity index (χ0v) is 16.8. The van der Waals surface area contributed by atoms with Crippen LogP contribution in [0.5, 0.6) is 0 Å². The third-order valence-corrected chi connectivity index (χ3v) is 7.58. The van der Waals surface area contributed by atoms with Crippen LogP contribution >= 0.6 is 0 Å². The second-order valence-corrected chi connectivity index (χ2v) is 8.83. The van der Waals surface area contributed by atoms with Crippen LogP contribution in [0.3, 0.4) is 0 Å². The van der Waals surface area contributed by atoms with E-state index >= 15 is 0 Å². The Labute approximate surface area is 174 Å². The number of amides is 2.